The molecule has 5 heteroatoms. The number of carbonyl (C=O) groups excluding carboxylic acids is 1. The largest absolute Gasteiger partial charge is 0.508 e. The molecule has 2 rings (SSSR count). The van der Waals surface area contributed by atoms with Gasteiger partial charge in [-0.2, -0.15) is 0 Å². The first-order valence-corrected chi connectivity index (χ1v) is 7.25. The van der Waals surface area contributed by atoms with E-state index >= 15 is 0 Å². The van der Waals surface area contributed by atoms with Crippen LogP contribution < -0.4 is 0 Å². The smallest absolute Gasteiger partial charge is 0.329 e. The molecule has 1 aliphatic heterocycles. The highest BCUT2D eigenvalue weighted by atomic mass is 16.4. The van der Waals surface area contributed by atoms with Crippen LogP contribution in [0.4, 0.5) is 0 Å². The predicted octanol–water partition coefficient (Wildman–Crippen LogP) is 2.18. The summed E-state index contributed by atoms with van der Waals surface area (Å²) in [6, 6.07) is 6.45. The Morgan fingerprint density at radius 1 is 1.24 bits per heavy atom. The number of aliphatic carboxylic acids is 1. The van der Waals surface area contributed by atoms with Crippen molar-refractivity contribution >= 4 is 11.9 Å². The van der Waals surface area contributed by atoms with Crippen LogP contribution in [0.1, 0.15) is 38.2 Å². The van der Waals surface area contributed by atoms with Gasteiger partial charge in [0.2, 0.25) is 5.91 Å². The number of amides is 1. The van der Waals surface area contributed by atoms with Crippen LogP contribution in [-0.2, 0) is 16.0 Å². The molecule has 1 saturated heterocycles. The summed E-state index contributed by atoms with van der Waals surface area (Å²) >= 11 is 0. The molecular weight excluding hydrogens is 270 g/mol. The standard InChI is InChI=1S/C16H21NO4/c1-16(15(20)21,11-12-6-8-13(18)9-7-12)17-10-4-2-3-5-14(17)19/h6-9,18H,2-5,10-11H2,1H3,(H,20,21)/t16-/m0/s1. The minimum Gasteiger partial charge on any atom is -0.508 e. The number of carboxylic acids is 1. The zero-order valence-electron chi connectivity index (χ0n) is 12.2. The van der Waals surface area contributed by atoms with E-state index in [4.69, 9.17) is 0 Å². The van der Waals surface area contributed by atoms with E-state index in [2.05, 4.69) is 0 Å². The fourth-order valence-electron chi connectivity index (χ4n) is 2.80. The Morgan fingerprint density at radius 2 is 1.90 bits per heavy atom. The van der Waals surface area contributed by atoms with Crippen molar-refractivity contribution in [2.24, 2.45) is 0 Å². The van der Waals surface area contributed by atoms with Crippen molar-refractivity contribution < 1.29 is 19.8 Å². The average Bonchev–Trinajstić information content (AvgIpc) is 2.66. The molecule has 21 heavy (non-hydrogen) atoms. The Labute approximate surface area is 124 Å². The monoisotopic (exact) mass is 291 g/mol. The highest BCUT2D eigenvalue weighted by Crippen LogP contribution is 2.26. The topological polar surface area (TPSA) is 77.8 Å². The molecule has 114 valence electrons. The molecule has 0 radical (unpaired) electrons. The number of phenolic OH excluding ortho intramolecular Hbond substituents is 1. The van der Waals surface area contributed by atoms with E-state index in [9.17, 15) is 19.8 Å². The van der Waals surface area contributed by atoms with Crippen molar-refractivity contribution in [3.05, 3.63) is 29.8 Å². The molecule has 1 aromatic carbocycles. The molecule has 1 aromatic rings. The summed E-state index contributed by atoms with van der Waals surface area (Å²) in [5.74, 6) is -0.941. The van der Waals surface area contributed by atoms with Gasteiger partial charge < -0.3 is 15.1 Å². The SMILES string of the molecule is C[C@](Cc1ccc(O)cc1)(C(=O)O)N1CCCCCC1=O. The van der Waals surface area contributed by atoms with Crippen LogP contribution in [0.5, 0.6) is 5.75 Å². The van der Waals surface area contributed by atoms with Gasteiger partial charge in [-0.05, 0) is 37.5 Å². The lowest BCUT2D eigenvalue weighted by Crippen LogP contribution is -2.56. The second-order valence-electron chi connectivity index (χ2n) is 5.78. The minimum absolute atomic E-state index is 0.0869. The van der Waals surface area contributed by atoms with Gasteiger partial charge >= 0.3 is 5.97 Å². The van der Waals surface area contributed by atoms with Gasteiger partial charge in [0.25, 0.3) is 0 Å². The lowest BCUT2D eigenvalue weighted by Gasteiger charge is -2.37. The van der Waals surface area contributed by atoms with E-state index in [0.717, 1.165) is 24.8 Å². The van der Waals surface area contributed by atoms with Crippen molar-refractivity contribution in [3.8, 4) is 5.75 Å². The number of likely N-dealkylation sites (tertiary alicyclic amines) is 1. The molecule has 0 bridgehead atoms. The molecule has 1 fully saturated rings. The van der Waals surface area contributed by atoms with Crippen LogP contribution >= 0.6 is 0 Å². The number of hydrogen-bond acceptors (Lipinski definition) is 3. The summed E-state index contributed by atoms with van der Waals surface area (Å²) in [4.78, 5) is 25.5. The summed E-state index contributed by atoms with van der Waals surface area (Å²) in [6.07, 6.45) is 3.26. The zero-order chi connectivity index (χ0) is 15.5. The summed E-state index contributed by atoms with van der Waals surface area (Å²) in [5.41, 5.74) is -0.465. The highest BCUT2D eigenvalue weighted by molar-refractivity contribution is 5.87. The molecule has 1 atom stereocenters. The molecule has 1 aliphatic rings. The van der Waals surface area contributed by atoms with E-state index in [1.807, 2.05) is 0 Å². The first-order chi connectivity index (χ1) is 9.93. The number of aromatic hydroxyl groups is 1. The molecule has 0 spiro atoms. The second-order valence-corrected chi connectivity index (χ2v) is 5.78. The van der Waals surface area contributed by atoms with E-state index in [0.29, 0.717) is 13.0 Å². The Bertz CT molecular complexity index is 526. The second kappa shape index (κ2) is 6.16. The van der Waals surface area contributed by atoms with Crippen molar-refractivity contribution in [3.63, 3.8) is 0 Å². The molecule has 0 saturated carbocycles. The van der Waals surface area contributed by atoms with Crippen LogP contribution in [0.3, 0.4) is 0 Å². The van der Waals surface area contributed by atoms with Gasteiger partial charge in [0, 0.05) is 19.4 Å². The third kappa shape index (κ3) is 3.35. The average molecular weight is 291 g/mol. The van der Waals surface area contributed by atoms with Gasteiger partial charge in [-0.15, -0.1) is 0 Å². The van der Waals surface area contributed by atoms with Crippen molar-refractivity contribution in [1.82, 2.24) is 4.90 Å². The first-order valence-electron chi connectivity index (χ1n) is 7.25. The number of benzene rings is 1. The molecule has 0 aliphatic carbocycles. The molecule has 0 aromatic heterocycles. The van der Waals surface area contributed by atoms with Crippen molar-refractivity contribution in [2.45, 2.75) is 44.6 Å². The maximum Gasteiger partial charge on any atom is 0.329 e. The number of carboxylic acid groups (broad SMARTS) is 1. The number of phenols is 1. The predicted molar refractivity (Wildman–Crippen MR) is 78.0 cm³/mol. The summed E-state index contributed by atoms with van der Waals surface area (Å²) in [5, 5.41) is 19.0. The maximum absolute atomic E-state index is 12.2. The lowest BCUT2D eigenvalue weighted by molar-refractivity contribution is -0.157. The fourth-order valence-corrected chi connectivity index (χ4v) is 2.80. The van der Waals surface area contributed by atoms with Gasteiger partial charge in [-0.3, -0.25) is 4.79 Å². The third-order valence-electron chi connectivity index (χ3n) is 4.11. The van der Waals surface area contributed by atoms with E-state index < -0.39 is 11.5 Å². The van der Waals surface area contributed by atoms with E-state index in [1.165, 1.54) is 17.0 Å². The van der Waals surface area contributed by atoms with Gasteiger partial charge in [0.05, 0.1) is 0 Å². The molecule has 2 N–H and O–H groups in total. The zero-order valence-corrected chi connectivity index (χ0v) is 12.2. The Hall–Kier alpha value is -2.04. The molecule has 1 heterocycles. The van der Waals surface area contributed by atoms with Crippen LogP contribution in [0.15, 0.2) is 24.3 Å². The van der Waals surface area contributed by atoms with Crippen LogP contribution in [0.2, 0.25) is 0 Å². The van der Waals surface area contributed by atoms with E-state index in [-0.39, 0.29) is 18.1 Å². The molecule has 5 nitrogen and oxygen atoms in total. The summed E-state index contributed by atoms with van der Waals surface area (Å²) in [7, 11) is 0. The highest BCUT2D eigenvalue weighted by Gasteiger charge is 2.42. The molecule has 0 unspecified atom stereocenters. The minimum atomic E-state index is -1.25. The van der Waals surface area contributed by atoms with Crippen LogP contribution in [0.25, 0.3) is 0 Å². The lowest BCUT2D eigenvalue weighted by atomic mass is 9.90. The van der Waals surface area contributed by atoms with E-state index in [1.54, 1.807) is 19.1 Å². The number of rotatable bonds is 4. The van der Waals surface area contributed by atoms with Crippen LogP contribution in [-0.4, -0.2) is 39.1 Å². The number of carbonyl (C=O) groups is 2. The normalized spacial score (nSPS) is 18.9. The maximum atomic E-state index is 12.2. The van der Waals surface area contributed by atoms with Gasteiger partial charge in [-0.25, -0.2) is 4.79 Å². The Balaban J connectivity index is 2.28. The Kier molecular flexibility index (Phi) is 4.50. The summed E-state index contributed by atoms with van der Waals surface area (Å²) < 4.78 is 0. The van der Waals surface area contributed by atoms with Gasteiger partial charge in [0.1, 0.15) is 11.3 Å². The van der Waals surface area contributed by atoms with Gasteiger partial charge in [0.15, 0.2) is 0 Å². The molecular formula is C16H21NO4. The summed E-state index contributed by atoms with van der Waals surface area (Å²) in [6.45, 7) is 2.09. The van der Waals surface area contributed by atoms with Crippen LogP contribution in [0, 0.1) is 0 Å². The van der Waals surface area contributed by atoms with Crippen molar-refractivity contribution in [2.75, 3.05) is 6.54 Å². The third-order valence-corrected chi connectivity index (χ3v) is 4.11. The van der Waals surface area contributed by atoms with Gasteiger partial charge in [-0.1, -0.05) is 18.6 Å². The fraction of sp³-hybridized carbons (Fsp3) is 0.500. The molecule has 1 amide bonds. The number of nitrogens with zero attached hydrogens (tertiary/aromatic N) is 1. The quantitative estimate of drug-likeness (QED) is 0.891. The first kappa shape index (κ1) is 15.4. The number of hydrogen-bond donors (Lipinski definition) is 2. The Morgan fingerprint density at radius 3 is 2.52 bits per heavy atom. The van der Waals surface area contributed by atoms with Crippen molar-refractivity contribution in [1.29, 1.82) is 0 Å².